The van der Waals surface area contributed by atoms with Gasteiger partial charge in [0.05, 0.1) is 0 Å². The third-order valence-electron chi connectivity index (χ3n) is 1.84. The van der Waals surface area contributed by atoms with Crippen LogP contribution in [0.15, 0.2) is 23.7 Å². The Bertz CT molecular complexity index is 388. The third kappa shape index (κ3) is 4.38. The molecule has 0 spiro atoms. The summed E-state index contributed by atoms with van der Waals surface area (Å²) in [6.45, 7) is 4.99. The fraction of sp³-hybridized carbons (Fsp3) is 0.500. The van der Waals surface area contributed by atoms with Gasteiger partial charge in [0.25, 0.3) is 5.78 Å². The average Bonchev–Trinajstić information content (AvgIpc) is 2.30. The maximum absolute atomic E-state index is 13.1. The van der Waals surface area contributed by atoms with E-state index in [4.69, 9.17) is 9.47 Å². The molecule has 0 N–H and O–H groups in total. The lowest BCUT2D eigenvalue weighted by molar-refractivity contribution is -0.116. The number of allylic oxidation sites excluding steroid dienone is 3. The van der Waals surface area contributed by atoms with Crippen molar-refractivity contribution >= 4 is 11.9 Å². The Hall–Kier alpha value is -1.65. The maximum Gasteiger partial charge on any atom is 0.514 e. The van der Waals surface area contributed by atoms with E-state index in [0.29, 0.717) is 12.8 Å². The van der Waals surface area contributed by atoms with E-state index >= 15 is 0 Å². The van der Waals surface area contributed by atoms with Crippen molar-refractivity contribution in [3.63, 3.8) is 0 Å². The van der Waals surface area contributed by atoms with Gasteiger partial charge in [-0.15, -0.1) is 0 Å². The predicted molar refractivity (Wildman–Crippen MR) is 58.8 cm³/mol. The molecule has 0 aliphatic heterocycles. The lowest BCUT2D eigenvalue weighted by atomic mass is 10.2. The molecule has 0 radical (unpaired) electrons. The summed E-state index contributed by atoms with van der Waals surface area (Å²) in [5.41, 5.74) is -0.722. The van der Waals surface area contributed by atoms with Crippen LogP contribution in [0.25, 0.3) is 0 Å². The van der Waals surface area contributed by atoms with Gasteiger partial charge >= 0.3 is 6.16 Å². The highest BCUT2D eigenvalue weighted by Crippen LogP contribution is 2.18. The Morgan fingerprint density at radius 3 is 2.47 bits per heavy atom. The molecule has 0 aromatic heterocycles. The normalized spacial score (nSPS) is 16.8. The summed E-state index contributed by atoms with van der Waals surface area (Å²) in [4.78, 5) is 22.7. The van der Waals surface area contributed by atoms with Gasteiger partial charge < -0.3 is 9.47 Å². The molecular weight excluding hydrogens is 227 g/mol. The topological polar surface area (TPSA) is 52.6 Å². The fourth-order valence-electron chi connectivity index (χ4n) is 1.18. The fourth-order valence-corrected chi connectivity index (χ4v) is 1.18. The molecule has 0 unspecified atom stereocenters. The Kier molecular flexibility index (Phi) is 4.04. The van der Waals surface area contributed by atoms with Crippen LogP contribution in [0, 0.1) is 0 Å². The largest absolute Gasteiger partial charge is 0.514 e. The van der Waals surface area contributed by atoms with E-state index in [1.54, 1.807) is 20.8 Å². The van der Waals surface area contributed by atoms with Gasteiger partial charge in [0.2, 0.25) is 0 Å². The molecule has 4 nitrogen and oxygen atoms in total. The van der Waals surface area contributed by atoms with Crippen LogP contribution in [0.4, 0.5) is 9.18 Å². The Balaban J connectivity index is 2.68. The molecule has 0 bridgehead atoms. The van der Waals surface area contributed by atoms with Crippen LogP contribution in [0.2, 0.25) is 0 Å². The summed E-state index contributed by atoms with van der Waals surface area (Å²) in [6, 6.07) is 0. The van der Waals surface area contributed by atoms with Crippen LogP contribution in [-0.2, 0) is 14.3 Å². The first-order valence-corrected chi connectivity index (χ1v) is 5.31. The van der Waals surface area contributed by atoms with Gasteiger partial charge in [-0.05, 0) is 45.8 Å². The molecule has 1 rings (SSSR count). The molecule has 0 fully saturated rings. The number of carbonyl (C=O) groups is 2. The number of hydrogen-bond acceptors (Lipinski definition) is 4. The van der Waals surface area contributed by atoms with Crippen molar-refractivity contribution < 1.29 is 23.5 Å². The van der Waals surface area contributed by atoms with E-state index in [-0.39, 0.29) is 5.76 Å². The number of ketones is 1. The molecule has 0 saturated heterocycles. The highest BCUT2D eigenvalue weighted by molar-refractivity contribution is 6.06. The van der Waals surface area contributed by atoms with Crippen LogP contribution < -0.4 is 0 Å². The molecule has 5 heteroatoms. The van der Waals surface area contributed by atoms with Crippen LogP contribution in [0.5, 0.6) is 0 Å². The van der Waals surface area contributed by atoms with Crippen LogP contribution in [-0.4, -0.2) is 17.5 Å². The summed E-state index contributed by atoms with van der Waals surface area (Å²) in [5, 5.41) is 0. The average molecular weight is 242 g/mol. The minimum Gasteiger partial charge on any atom is -0.428 e. The lowest BCUT2D eigenvalue weighted by Crippen LogP contribution is -2.25. The summed E-state index contributed by atoms with van der Waals surface area (Å²) in [7, 11) is 0. The van der Waals surface area contributed by atoms with E-state index < -0.39 is 23.4 Å². The smallest absolute Gasteiger partial charge is 0.428 e. The second kappa shape index (κ2) is 5.12. The van der Waals surface area contributed by atoms with Crippen molar-refractivity contribution in [2.75, 3.05) is 0 Å². The first kappa shape index (κ1) is 13.4. The lowest BCUT2D eigenvalue weighted by Gasteiger charge is -2.18. The number of hydrogen-bond donors (Lipinski definition) is 0. The SMILES string of the molecule is CC(C)(C)OC(=O)OC1=CCCC=C(F)C1=O. The summed E-state index contributed by atoms with van der Waals surface area (Å²) >= 11 is 0. The number of Topliss-reactive ketones (excluding diaryl/α,β-unsaturated/α-hetero) is 1. The van der Waals surface area contributed by atoms with Crippen LogP contribution in [0.3, 0.4) is 0 Å². The summed E-state index contributed by atoms with van der Waals surface area (Å²) < 4.78 is 22.7. The monoisotopic (exact) mass is 242 g/mol. The number of carbonyl (C=O) groups excluding carboxylic acids is 2. The van der Waals surface area contributed by atoms with Crippen LogP contribution >= 0.6 is 0 Å². The Labute approximate surface area is 99.1 Å². The zero-order valence-corrected chi connectivity index (χ0v) is 10.1. The van der Waals surface area contributed by atoms with E-state index in [1.807, 2.05) is 0 Å². The Morgan fingerprint density at radius 1 is 1.29 bits per heavy atom. The summed E-state index contributed by atoms with van der Waals surface area (Å²) in [5.74, 6) is -2.14. The predicted octanol–water partition coefficient (Wildman–Crippen LogP) is 3.04. The minimum atomic E-state index is -1.01. The first-order chi connectivity index (χ1) is 7.79. The number of halogens is 1. The van der Waals surface area contributed by atoms with Crippen molar-refractivity contribution in [1.29, 1.82) is 0 Å². The van der Waals surface area contributed by atoms with E-state index in [2.05, 4.69) is 0 Å². The standard InChI is InChI=1S/C12H15FO4/c1-12(2,3)17-11(15)16-9-7-5-4-6-8(13)10(9)14/h6-7H,4-5H2,1-3H3. The molecule has 0 heterocycles. The number of rotatable bonds is 1. The third-order valence-corrected chi connectivity index (χ3v) is 1.84. The Morgan fingerprint density at radius 2 is 1.88 bits per heavy atom. The number of ether oxygens (including phenoxy) is 2. The van der Waals surface area contributed by atoms with Crippen molar-refractivity contribution in [2.45, 2.75) is 39.2 Å². The molecular formula is C12H15FO4. The molecule has 0 atom stereocenters. The molecule has 1 aliphatic rings. The second-order valence-electron chi connectivity index (χ2n) is 4.59. The second-order valence-corrected chi connectivity index (χ2v) is 4.59. The van der Waals surface area contributed by atoms with Gasteiger partial charge in [0, 0.05) is 0 Å². The van der Waals surface area contributed by atoms with Crippen molar-refractivity contribution in [1.82, 2.24) is 0 Å². The van der Waals surface area contributed by atoms with E-state index in [0.717, 1.165) is 0 Å². The van der Waals surface area contributed by atoms with Crippen molar-refractivity contribution in [3.05, 3.63) is 23.7 Å². The van der Waals surface area contributed by atoms with Gasteiger partial charge in [0.1, 0.15) is 5.60 Å². The molecule has 0 aromatic carbocycles. The van der Waals surface area contributed by atoms with Crippen molar-refractivity contribution in [3.8, 4) is 0 Å². The molecule has 0 amide bonds. The molecule has 1 aliphatic carbocycles. The van der Waals surface area contributed by atoms with Gasteiger partial charge in [0.15, 0.2) is 11.6 Å². The highest BCUT2D eigenvalue weighted by atomic mass is 19.1. The molecule has 0 aromatic rings. The quantitative estimate of drug-likeness (QED) is 0.663. The van der Waals surface area contributed by atoms with E-state index in [1.165, 1.54) is 12.2 Å². The highest BCUT2D eigenvalue weighted by Gasteiger charge is 2.24. The zero-order valence-electron chi connectivity index (χ0n) is 10.1. The van der Waals surface area contributed by atoms with Gasteiger partial charge in [-0.1, -0.05) is 0 Å². The van der Waals surface area contributed by atoms with Crippen molar-refractivity contribution in [2.24, 2.45) is 0 Å². The minimum absolute atomic E-state index is 0.314. The summed E-state index contributed by atoms with van der Waals surface area (Å²) in [6.07, 6.45) is 2.39. The first-order valence-electron chi connectivity index (χ1n) is 5.31. The molecule has 0 saturated carbocycles. The maximum atomic E-state index is 13.1. The van der Waals surface area contributed by atoms with Gasteiger partial charge in [-0.3, -0.25) is 4.79 Å². The van der Waals surface area contributed by atoms with Gasteiger partial charge in [-0.25, -0.2) is 9.18 Å². The van der Waals surface area contributed by atoms with E-state index in [9.17, 15) is 14.0 Å². The zero-order chi connectivity index (χ0) is 13.1. The van der Waals surface area contributed by atoms with Gasteiger partial charge in [-0.2, -0.15) is 0 Å². The molecule has 94 valence electrons. The van der Waals surface area contributed by atoms with Crippen LogP contribution in [0.1, 0.15) is 33.6 Å². The molecule has 17 heavy (non-hydrogen) atoms.